The van der Waals surface area contributed by atoms with E-state index in [1.807, 2.05) is 13.8 Å². The van der Waals surface area contributed by atoms with Crippen molar-refractivity contribution < 1.29 is 23.1 Å². The first kappa shape index (κ1) is 16.1. The molecule has 0 unspecified atom stereocenters. The summed E-state index contributed by atoms with van der Waals surface area (Å²) < 4.78 is 41.1. The molecule has 0 saturated carbocycles. The Balaban J connectivity index is 2.50. The van der Waals surface area contributed by atoms with Crippen molar-refractivity contribution in [1.82, 2.24) is 9.78 Å². The second-order valence-electron chi connectivity index (χ2n) is 5.41. The Morgan fingerprint density at radius 2 is 2.05 bits per heavy atom. The van der Waals surface area contributed by atoms with Crippen LogP contribution in [0.1, 0.15) is 29.8 Å². The molecule has 22 heavy (non-hydrogen) atoms. The third-order valence-corrected chi connectivity index (χ3v) is 3.07. The van der Waals surface area contributed by atoms with Gasteiger partial charge in [-0.2, -0.15) is 18.3 Å². The second kappa shape index (κ2) is 5.82. The van der Waals surface area contributed by atoms with E-state index in [2.05, 4.69) is 5.10 Å². The molecule has 0 aliphatic carbocycles. The molecule has 0 radical (unpaired) electrons. The number of carboxylic acid groups (broad SMARTS) is 1. The molecule has 1 aromatic carbocycles. The highest BCUT2D eigenvalue weighted by Gasteiger charge is 2.34. The van der Waals surface area contributed by atoms with Crippen molar-refractivity contribution in [3.63, 3.8) is 0 Å². The lowest BCUT2D eigenvalue weighted by Crippen LogP contribution is -2.09. The van der Waals surface area contributed by atoms with Crippen LogP contribution < -0.4 is 0 Å². The second-order valence-corrected chi connectivity index (χ2v) is 5.41. The molecule has 0 saturated heterocycles. The number of hydrogen-bond acceptors (Lipinski definition) is 2. The van der Waals surface area contributed by atoms with Crippen LogP contribution in [0.15, 0.2) is 30.6 Å². The molecule has 1 heterocycles. The van der Waals surface area contributed by atoms with Crippen LogP contribution in [0.5, 0.6) is 0 Å². The average Bonchev–Trinajstić information content (AvgIpc) is 2.84. The van der Waals surface area contributed by atoms with Gasteiger partial charge in [0, 0.05) is 18.3 Å². The summed E-state index contributed by atoms with van der Waals surface area (Å²) >= 11 is 0. The number of hydrogen-bond donors (Lipinski definition) is 1. The Labute approximate surface area is 125 Å². The number of aromatic carboxylic acids is 1. The van der Waals surface area contributed by atoms with E-state index in [1.54, 1.807) is 4.68 Å². The zero-order valence-electron chi connectivity index (χ0n) is 12.1. The summed E-state index contributed by atoms with van der Waals surface area (Å²) in [6.45, 7) is 4.54. The highest BCUT2D eigenvalue weighted by atomic mass is 19.4. The number of alkyl halides is 3. The van der Waals surface area contributed by atoms with Crippen LogP contribution in [0.3, 0.4) is 0 Å². The smallest absolute Gasteiger partial charge is 0.417 e. The lowest BCUT2D eigenvalue weighted by atomic mass is 9.99. The summed E-state index contributed by atoms with van der Waals surface area (Å²) in [5.74, 6) is -1.09. The third-order valence-electron chi connectivity index (χ3n) is 3.07. The van der Waals surface area contributed by atoms with E-state index in [1.165, 1.54) is 18.5 Å². The van der Waals surface area contributed by atoms with Crippen molar-refractivity contribution in [2.75, 3.05) is 0 Å². The maximum Gasteiger partial charge on any atom is 0.417 e. The van der Waals surface area contributed by atoms with Crippen LogP contribution in [0.4, 0.5) is 13.2 Å². The molecule has 0 amide bonds. The van der Waals surface area contributed by atoms with Crippen LogP contribution in [-0.2, 0) is 12.7 Å². The fourth-order valence-electron chi connectivity index (χ4n) is 2.14. The normalized spacial score (nSPS) is 11.9. The van der Waals surface area contributed by atoms with Crippen LogP contribution in [0.2, 0.25) is 0 Å². The average molecular weight is 312 g/mol. The fourth-order valence-corrected chi connectivity index (χ4v) is 2.14. The van der Waals surface area contributed by atoms with Crippen molar-refractivity contribution >= 4 is 5.97 Å². The SMILES string of the molecule is CC(C)Cn1cc(-c2ccc(C(=O)O)cc2C(F)(F)F)cn1. The van der Waals surface area contributed by atoms with Gasteiger partial charge in [0.2, 0.25) is 0 Å². The molecule has 4 nitrogen and oxygen atoms in total. The first-order valence-electron chi connectivity index (χ1n) is 6.66. The number of carbonyl (C=O) groups is 1. The third kappa shape index (κ3) is 3.47. The molecule has 118 valence electrons. The standard InChI is InChI=1S/C15H15F3N2O2/c1-9(2)7-20-8-11(6-19-20)12-4-3-10(14(21)22)5-13(12)15(16,17)18/h3-6,8-9H,7H2,1-2H3,(H,21,22). The summed E-state index contributed by atoms with van der Waals surface area (Å²) in [7, 11) is 0. The Bertz CT molecular complexity index is 690. The van der Waals surface area contributed by atoms with Gasteiger partial charge in [0.15, 0.2) is 0 Å². The van der Waals surface area contributed by atoms with Crippen LogP contribution in [-0.4, -0.2) is 20.9 Å². The molecule has 2 aromatic rings. The van der Waals surface area contributed by atoms with E-state index < -0.39 is 23.3 Å². The summed E-state index contributed by atoms with van der Waals surface area (Å²) in [6.07, 6.45) is -1.75. The Kier molecular flexibility index (Phi) is 4.25. The van der Waals surface area contributed by atoms with Gasteiger partial charge >= 0.3 is 12.1 Å². The van der Waals surface area contributed by atoms with Crippen LogP contribution in [0, 0.1) is 5.92 Å². The molecule has 0 aliphatic rings. The number of aromatic nitrogens is 2. The lowest BCUT2D eigenvalue weighted by Gasteiger charge is -2.12. The van der Waals surface area contributed by atoms with E-state index in [0.29, 0.717) is 24.1 Å². The quantitative estimate of drug-likeness (QED) is 0.931. The van der Waals surface area contributed by atoms with Gasteiger partial charge in [0.25, 0.3) is 0 Å². The molecule has 7 heteroatoms. The molecular formula is C15H15F3N2O2. The van der Waals surface area contributed by atoms with Gasteiger partial charge in [-0.05, 0) is 23.6 Å². The van der Waals surface area contributed by atoms with Crippen molar-refractivity contribution in [3.05, 3.63) is 41.7 Å². The Morgan fingerprint density at radius 1 is 1.36 bits per heavy atom. The van der Waals surface area contributed by atoms with Gasteiger partial charge in [-0.3, -0.25) is 4.68 Å². The van der Waals surface area contributed by atoms with Crippen LogP contribution in [0.25, 0.3) is 11.1 Å². The number of rotatable bonds is 4. The fraction of sp³-hybridized carbons (Fsp3) is 0.333. The van der Waals surface area contributed by atoms with Crippen molar-refractivity contribution in [2.45, 2.75) is 26.6 Å². The number of carboxylic acids is 1. The molecule has 2 rings (SSSR count). The topological polar surface area (TPSA) is 55.1 Å². The highest BCUT2D eigenvalue weighted by Crippen LogP contribution is 2.37. The largest absolute Gasteiger partial charge is 0.478 e. The van der Waals surface area contributed by atoms with Crippen molar-refractivity contribution in [1.29, 1.82) is 0 Å². The summed E-state index contributed by atoms with van der Waals surface area (Å²) in [5.41, 5.74) is -1.14. The molecule has 0 fully saturated rings. The predicted octanol–water partition coefficient (Wildman–Crippen LogP) is 3.92. The monoisotopic (exact) mass is 312 g/mol. The predicted molar refractivity (Wildman–Crippen MR) is 74.5 cm³/mol. The zero-order chi connectivity index (χ0) is 16.5. The number of nitrogens with zero attached hydrogens (tertiary/aromatic N) is 2. The first-order chi connectivity index (χ1) is 10.2. The minimum absolute atomic E-state index is 0.0764. The van der Waals surface area contributed by atoms with E-state index in [9.17, 15) is 18.0 Å². The van der Waals surface area contributed by atoms with Gasteiger partial charge in [-0.1, -0.05) is 19.9 Å². The van der Waals surface area contributed by atoms with Gasteiger partial charge < -0.3 is 5.11 Å². The maximum atomic E-state index is 13.2. The minimum Gasteiger partial charge on any atom is -0.478 e. The minimum atomic E-state index is -4.64. The summed E-state index contributed by atoms with van der Waals surface area (Å²) in [5, 5.41) is 12.9. The van der Waals surface area contributed by atoms with Gasteiger partial charge in [-0.25, -0.2) is 4.79 Å². The molecule has 0 spiro atoms. The van der Waals surface area contributed by atoms with E-state index in [-0.39, 0.29) is 5.56 Å². The van der Waals surface area contributed by atoms with E-state index >= 15 is 0 Å². The maximum absolute atomic E-state index is 13.2. The van der Waals surface area contributed by atoms with Gasteiger partial charge in [-0.15, -0.1) is 0 Å². The summed E-state index contributed by atoms with van der Waals surface area (Å²) in [4.78, 5) is 10.9. The number of halogens is 3. The molecule has 0 bridgehead atoms. The highest BCUT2D eigenvalue weighted by molar-refractivity contribution is 5.89. The zero-order valence-corrected chi connectivity index (χ0v) is 12.1. The molecule has 1 aromatic heterocycles. The Morgan fingerprint density at radius 3 is 2.59 bits per heavy atom. The van der Waals surface area contributed by atoms with Crippen molar-refractivity contribution in [3.8, 4) is 11.1 Å². The summed E-state index contributed by atoms with van der Waals surface area (Å²) in [6, 6.07) is 2.98. The van der Waals surface area contributed by atoms with Crippen molar-refractivity contribution in [2.24, 2.45) is 5.92 Å². The van der Waals surface area contributed by atoms with Gasteiger partial charge in [0.1, 0.15) is 0 Å². The van der Waals surface area contributed by atoms with E-state index in [0.717, 1.165) is 6.07 Å². The first-order valence-corrected chi connectivity index (χ1v) is 6.66. The molecule has 1 N–H and O–H groups in total. The molecule has 0 aliphatic heterocycles. The lowest BCUT2D eigenvalue weighted by molar-refractivity contribution is -0.137. The van der Waals surface area contributed by atoms with Gasteiger partial charge in [0.05, 0.1) is 17.3 Å². The number of benzene rings is 1. The molecular weight excluding hydrogens is 297 g/mol. The van der Waals surface area contributed by atoms with E-state index in [4.69, 9.17) is 5.11 Å². The van der Waals surface area contributed by atoms with Crippen LogP contribution >= 0.6 is 0 Å². The molecule has 0 atom stereocenters. The Hall–Kier alpha value is -2.31.